The molecule has 4 heterocycles. The maximum atomic E-state index is 13.2. The summed E-state index contributed by atoms with van der Waals surface area (Å²) in [5.41, 5.74) is 0.613. The Morgan fingerprint density at radius 1 is 0.971 bits per heavy atom. The van der Waals surface area contributed by atoms with Gasteiger partial charge in [-0.05, 0) is 61.7 Å². The van der Waals surface area contributed by atoms with E-state index in [9.17, 15) is 14.7 Å². The zero-order valence-corrected chi connectivity index (χ0v) is 20.7. The minimum atomic E-state index is -0.000345. The van der Waals surface area contributed by atoms with E-state index in [0.29, 0.717) is 25.2 Å². The molecule has 3 aromatic rings. The summed E-state index contributed by atoms with van der Waals surface area (Å²) in [6, 6.07) is 13.5. The Morgan fingerprint density at radius 2 is 1.74 bits per heavy atom. The summed E-state index contributed by atoms with van der Waals surface area (Å²) in [6.45, 7) is 3.53. The molecule has 1 aromatic carbocycles. The van der Waals surface area contributed by atoms with Crippen molar-refractivity contribution in [3.63, 3.8) is 0 Å². The molecule has 2 fully saturated rings. The van der Waals surface area contributed by atoms with Crippen LogP contribution < -0.4 is 10.2 Å². The molecule has 2 aliphatic rings. The largest absolute Gasteiger partial charge is 0.506 e. The summed E-state index contributed by atoms with van der Waals surface area (Å²) in [4.78, 5) is 35.8. The standard InChI is InChI=1S/C27H32N4O3S/c32-23-5-1-3-19-6-7-24(29-25(19)23)30-14-11-21(12-15-30)27(34)31-16-9-20(10-17-31)26(33)28-13-8-22-4-2-18-35-22/h1-7,18,20-21,32H,8-17H2,(H,28,33). The lowest BCUT2D eigenvalue weighted by Crippen LogP contribution is -2.47. The highest BCUT2D eigenvalue weighted by Gasteiger charge is 2.32. The fraction of sp³-hybridized carbons (Fsp3) is 0.444. The number of nitrogens with zero attached hydrogens (tertiary/aromatic N) is 3. The van der Waals surface area contributed by atoms with Crippen LogP contribution in [0.4, 0.5) is 5.82 Å². The molecule has 35 heavy (non-hydrogen) atoms. The first-order chi connectivity index (χ1) is 17.1. The monoisotopic (exact) mass is 492 g/mol. The molecule has 2 saturated heterocycles. The number of phenolic OH excluding ortho intramolecular Hbond substituents is 1. The predicted molar refractivity (Wildman–Crippen MR) is 139 cm³/mol. The second-order valence-corrected chi connectivity index (χ2v) is 10.5. The van der Waals surface area contributed by atoms with Gasteiger partial charge < -0.3 is 20.2 Å². The Bertz CT molecular complexity index is 1170. The van der Waals surface area contributed by atoms with Crippen LogP contribution in [-0.2, 0) is 16.0 Å². The predicted octanol–water partition coefficient (Wildman–Crippen LogP) is 3.82. The maximum absolute atomic E-state index is 13.2. The van der Waals surface area contributed by atoms with Gasteiger partial charge in [-0.3, -0.25) is 9.59 Å². The van der Waals surface area contributed by atoms with E-state index in [1.807, 2.05) is 35.2 Å². The average Bonchev–Trinajstić information content (AvgIpc) is 3.42. The number of carbonyl (C=O) groups excluding carboxylic acids is 2. The number of piperidine rings is 2. The summed E-state index contributed by atoms with van der Waals surface area (Å²) >= 11 is 1.71. The number of phenols is 1. The van der Waals surface area contributed by atoms with Crippen molar-refractivity contribution in [2.75, 3.05) is 37.6 Å². The van der Waals surface area contributed by atoms with E-state index in [2.05, 4.69) is 26.6 Å². The molecule has 2 amide bonds. The number of likely N-dealkylation sites (tertiary alicyclic amines) is 1. The number of aromatic hydroxyl groups is 1. The van der Waals surface area contributed by atoms with Gasteiger partial charge in [0.05, 0.1) is 0 Å². The summed E-state index contributed by atoms with van der Waals surface area (Å²) in [6.07, 6.45) is 3.93. The van der Waals surface area contributed by atoms with Crippen molar-refractivity contribution in [2.24, 2.45) is 11.8 Å². The Hall–Kier alpha value is -3.13. The van der Waals surface area contributed by atoms with Crippen molar-refractivity contribution in [1.82, 2.24) is 15.2 Å². The van der Waals surface area contributed by atoms with Crippen LogP contribution >= 0.6 is 11.3 Å². The minimum absolute atomic E-state index is 0.000345. The lowest BCUT2D eigenvalue weighted by molar-refractivity contribution is -0.139. The van der Waals surface area contributed by atoms with E-state index in [1.54, 1.807) is 17.4 Å². The molecular formula is C27H32N4O3S. The number of rotatable bonds is 6. The fourth-order valence-electron chi connectivity index (χ4n) is 5.18. The van der Waals surface area contributed by atoms with Gasteiger partial charge in [0, 0.05) is 54.8 Å². The van der Waals surface area contributed by atoms with E-state index < -0.39 is 0 Å². The number of amides is 2. The summed E-state index contributed by atoms with van der Waals surface area (Å²) in [7, 11) is 0. The topological polar surface area (TPSA) is 85.8 Å². The molecular weight excluding hydrogens is 460 g/mol. The molecule has 0 aliphatic carbocycles. The highest BCUT2D eigenvalue weighted by molar-refractivity contribution is 7.09. The van der Waals surface area contributed by atoms with Gasteiger partial charge in [0.1, 0.15) is 17.1 Å². The average molecular weight is 493 g/mol. The molecule has 8 heteroatoms. The number of thiophene rings is 1. The van der Waals surface area contributed by atoms with Crippen molar-refractivity contribution in [3.05, 3.63) is 52.7 Å². The van der Waals surface area contributed by atoms with Crippen LogP contribution in [-0.4, -0.2) is 59.5 Å². The van der Waals surface area contributed by atoms with Crippen LogP contribution in [0.3, 0.4) is 0 Å². The number of nitrogens with one attached hydrogen (secondary N) is 1. The Morgan fingerprint density at radius 3 is 2.49 bits per heavy atom. The van der Waals surface area contributed by atoms with E-state index in [0.717, 1.165) is 56.4 Å². The van der Waals surface area contributed by atoms with Crippen molar-refractivity contribution >= 4 is 39.9 Å². The van der Waals surface area contributed by atoms with E-state index in [1.165, 1.54) is 4.88 Å². The normalized spacial score (nSPS) is 17.6. The van der Waals surface area contributed by atoms with Crippen LogP contribution in [0.5, 0.6) is 5.75 Å². The van der Waals surface area contributed by atoms with Gasteiger partial charge in [-0.1, -0.05) is 18.2 Å². The third-order valence-electron chi connectivity index (χ3n) is 7.28. The van der Waals surface area contributed by atoms with Gasteiger partial charge >= 0.3 is 0 Å². The smallest absolute Gasteiger partial charge is 0.225 e. The summed E-state index contributed by atoms with van der Waals surface area (Å²) in [5, 5.41) is 16.2. The number of para-hydroxylation sites is 1. The first-order valence-electron chi connectivity index (χ1n) is 12.5. The van der Waals surface area contributed by atoms with E-state index in [-0.39, 0.29) is 29.4 Å². The number of hydrogen-bond acceptors (Lipinski definition) is 6. The molecule has 0 spiro atoms. The van der Waals surface area contributed by atoms with Crippen molar-refractivity contribution in [3.8, 4) is 5.75 Å². The zero-order valence-electron chi connectivity index (χ0n) is 19.9. The van der Waals surface area contributed by atoms with Crippen molar-refractivity contribution in [2.45, 2.75) is 32.1 Å². The maximum Gasteiger partial charge on any atom is 0.225 e. The SMILES string of the molecule is O=C(NCCc1cccs1)C1CCN(C(=O)C2CCN(c3ccc4cccc(O)c4n3)CC2)CC1. The Balaban J connectivity index is 1.08. The lowest BCUT2D eigenvalue weighted by Gasteiger charge is -2.37. The number of fused-ring (bicyclic) bond motifs is 1. The highest BCUT2D eigenvalue weighted by atomic mass is 32.1. The van der Waals surface area contributed by atoms with Crippen LogP contribution in [0, 0.1) is 11.8 Å². The van der Waals surface area contributed by atoms with Crippen molar-refractivity contribution in [1.29, 1.82) is 0 Å². The minimum Gasteiger partial charge on any atom is -0.506 e. The molecule has 0 saturated carbocycles. The third-order valence-corrected chi connectivity index (χ3v) is 8.22. The van der Waals surface area contributed by atoms with Gasteiger partial charge in [-0.2, -0.15) is 0 Å². The molecule has 0 bridgehead atoms. The third kappa shape index (κ3) is 5.42. The Labute approximate surface area is 209 Å². The second-order valence-electron chi connectivity index (χ2n) is 9.50. The first-order valence-corrected chi connectivity index (χ1v) is 13.4. The lowest BCUT2D eigenvalue weighted by atomic mass is 9.91. The molecule has 0 atom stereocenters. The van der Waals surface area contributed by atoms with E-state index in [4.69, 9.17) is 0 Å². The molecule has 2 N–H and O–H groups in total. The molecule has 5 rings (SSSR count). The number of pyridine rings is 1. The molecule has 7 nitrogen and oxygen atoms in total. The van der Waals surface area contributed by atoms with Gasteiger partial charge in [-0.25, -0.2) is 4.98 Å². The number of carbonyl (C=O) groups is 2. The fourth-order valence-corrected chi connectivity index (χ4v) is 5.89. The highest BCUT2D eigenvalue weighted by Crippen LogP contribution is 2.29. The molecule has 2 aliphatic heterocycles. The van der Waals surface area contributed by atoms with Crippen LogP contribution in [0.15, 0.2) is 47.8 Å². The van der Waals surface area contributed by atoms with Gasteiger partial charge in [0.25, 0.3) is 0 Å². The number of benzene rings is 1. The number of aromatic nitrogens is 1. The van der Waals surface area contributed by atoms with Gasteiger partial charge in [0.2, 0.25) is 11.8 Å². The van der Waals surface area contributed by atoms with Crippen LogP contribution in [0.2, 0.25) is 0 Å². The van der Waals surface area contributed by atoms with Gasteiger partial charge in [-0.15, -0.1) is 11.3 Å². The van der Waals surface area contributed by atoms with Gasteiger partial charge in [0.15, 0.2) is 0 Å². The summed E-state index contributed by atoms with van der Waals surface area (Å²) < 4.78 is 0. The zero-order chi connectivity index (χ0) is 24.2. The Kier molecular flexibility index (Phi) is 7.18. The molecule has 0 unspecified atom stereocenters. The number of anilines is 1. The molecule has 0 radical (unpaired) electrons. The molecule has 184 valence electrons. The number of hydrogen-bond donors (Lipinski definition) is 2. The van der Waals surface area contributed by atoms with Crippen LogP contribution in [0.1, 0.15) is 30.6 Å². The van der Waals surface area contributed by atoms with Crippen LogP contribution in [0.25, 0.3) is 10.9 Å². The summed E-state index contributed by atoms with van der Waals surface area (Å²) in [5.74, 6) is 1.40. The van der Waals surface area contributed by atoms with Crippen molar-refractivity contribution < 1.29 is 14.7 Å². The quantitative estimate of drug-likeness (QED) is 0.547. The van der Waals surface area contributed by atoms with E-state index >= 15 is 0 Å². The molecule has 2 aromatic heterocycles. The first kappa shape index (κ1) is 23.6. The second kappa shape index (κ2) is 10.6.